The van der Waals surface area contributed by atoms with Crippen LogP contribution >= 0.6 is 0 Å². The van der Waals surface area contributed by atoms with Crippen LogP contribution in [0.3, 0.4) is 0 Å². The summed E-state index contributed by atoms with van der Waals surface area (Å²) in [7, 11) is -3.19. The SMILES string of the molecule is CS(=O)(=O)N1CCC(C2CC(c3ncc(-c4ccc(N)nc4)[nH]3)N(C(=O)C3CCN(C(=N)N)CC3)C2)CC1. The lowest BCUT2D eigenvalue weighted by molar-refractivity contribution is -0.138. The van der Waals surface area contributed by atoms with E-state index in [0.29, 0.717) is 57.3 Å². The van der Waals surface area contributed by atoms with Gasteiger partial charge in [0, 0.05) is 50.4 Å². The molecule has 2 aromatic rings. The van der Waals surface area contributed by atoms with Crippen LogP contribution in [0.5, 0.6) is 0 Å². The van der Waals surface area contributed by atoms with E-state index in [4.69, 9.17) is 16.9 Å². The van der Waals surface area contributed by atoms with Gasteiger partial charge in [0.2, 0.25) is 15.9 Å². The van der Waals surface area contributed by atoms with Gasteiger partial charge in [0.25, 0.3) is 0 Å². The number of pyridine rings is 1. The zero-order chi connectivity index (χ0) is 27.0. The van der Waals surface area contributed by atoms with Gasteiger partial charge in [0.1, 0.15) is 11.6 Å². The Morgan fingerprint density at radius 2 is 1.76 bits per heavy atom. The number of H-pyrrole nitrogens is 1. The third-order valence-electron chi connectivity index (χ3n) is 8.44. The van der Waals surface area contributed by atoms with E-state index in [1.54, 1.807) is 22.8 Å². The number of aromatic nitrogens is 3. The molecule has 0 spiro atoms. The van der Waals surface area contributed by atoms with Gasteiger partial charge in [-0.15, -0.1) is 0 Å². The van der Waals surface area contributed by atoms with Crippen molar-refractivity contribution in [1.29, 1.82) is 5.41 Å². The Hall–Kier alpha value is -3.19. The second-order valence-corrected chi connectivity index (χ2v) is 12.8. The number of piperidine rings is 2. The van der Waals surface area contributed by atoms with E-state index >= 15 is 0 Å². The standard InChI is InChI=1S/C25H37N9O3S/c1-38(36,37)33-10-6-16(7-11-33)19-12-21(23-30-14-20(31-23)18-2-3-22(26)29-13-18)34(15-19)24(35)17-4-8-32(9-5-17)25(27)28/h2-3,13-14,16-17,19,21H,4-12,15H2,1H3,(H2,26,29)(H3,27,28)(H,30,31). The number of guanidine groups is 1. The third kappa shape index (κ3) is 5.48. The second kappa shape index (κ2) is 10.5. The van der Waals surface area contributed by atoms with Crippen molar-refractivity contribution >= 4 is 27.7 Å². The number of nitrogens with one attached hydrogen (secondary N) is 2. The van der Waals surface area contributed by atoms with E-state index in [1.165, 1.54) is 6.26 Å². The monoisotopic (exact) mass is 543 g/mol. The minimum absolute atomic E-state index is 0.0516. The highest BCUT2D eigenvalue weighted by Gasteiger charge is 2.44. The Kier molecular flexibility index (Phi) is 7.32. The van der Waals surface area contributed by atoms with Crippen molar-refractivity contribution in [2.75, 3.05) is 44.7 Å². The highest BCUT2D eigenvalue weighted by molar-refractivity contribution is 7.88. The number of anilines is 1. The molecule has 5 rings (SSSR count). The Bertz CT molecular complexity index is 1260. The molecular weight excluding hydrogens is 506 g/mol. The summed E-state index contributed by atoms with van der Waals surface area (Å²) in [4.78, 5) is 29.9. The van der Waals surface area contributed by atoms with Crippen molar-refractivity contribution in [3.05, 3.63) is 30.4 Å². The van der Waals surface area contributed by atoms with Gasteiger partial charge in [0.05, 0.1) is 24.2 Å². The third-order valence-corrected chi connectivity index (χ3v) is 9.75. The van der Waals surface area contributed by atoms with Crippen LogP contribution < -0.4 is 11.5 Å². The molecular formula is C25H37N9O3S. The van der Waals surface area contributed by atoms with Crippen LogP contribution in [0.4, 0.5) is 5.82 Å². The van der Waals surface area contributed by atoms with Gasteiger partial charge in [-0.3, -0.25) is 10.2 Å². The number of hydrogen-bond donors (Lipinski definition) is 4. The highest BCUT2D eigenvalue weighted by Crippen LogP contribution is 2.42. The summed E-state index contributed by atoms with van der Waals surface area (Å²) in [6.45, 7) is 2.90. The van der Waals surface area contributed by atoms with E-state index in [0.717, 1.165) is 36.3 Å². The molecule has 13 heteroatoms. The van der Waals surface area contributed by atoms with Crippen molar-refractivity contribution in [2.24, 2.45) is 23.5 Å². The molecule has 2 unspecified atom stereocenters. The summed E-state index contributed by atoms with van der Waals surface area (Å²) < 4.78 is 25.5. The maximum Gasteiger partial charge on any atom is 0.226 e. The predicted molar refractivity (Wildman–Crippen MR) is 144 cm³/mol. The zero-order valence-corrected chi connectivity index (χ0v) is 22.5. The molecule has 0 radical (unpaired) electrons. The normalized spacial score (nSPS) is 24.1. The second-order valence-electron chi connectivity index (χ2n) is 10.8. The van der Waals surface area contributed by atoms with Gasteiger partial charge in [0.15, 0.2) is 5.96 Å². The highest BCUT2D eigenvalue weighted by atomic mass is 32.2. The number of nitrogen functional groups attached to an aromatic ring is 1. The van der Waals surface area contributed by atoms with Crippen molar-refractivity contribution in [2.45, 2.75) is 38.1 Å². The fourth-order valence-corrected chi connectivity index (χ4v) is 7.08. The van der Waals surface area contributed by atoms with Crippen molar-refractivity contribution in [3.8, 4) is 11.3 Å². The number of carbonyl (C=O) groups is 1. The molecule has 12 nitrogen and oxygen atoms in total. The molecule has 0 bridgehead atoms. The minimum Gasteiger partial charge on any atom is -0.384 e. The first-order chi connectivity index (χ1) is 18.1. The van der Waals surface area contributed by atoms with Crippen LogP contribution in [0.25, 0.3) is 11.3 Å². The molecule has 3 fully saturated rings. The molecule has 2 atom stereocenters. The van der Waals surface area contributed by atoms with Gasteiger partial charge >= 0.3 is 0 Å². The number of amides is 1. The minimum atomic E-state index is -3.19. The molecule has 1 amide bonds. The lowest BCUT2D eigenvalue weighted by Crippen LogP contribution is -2.46. The summed E-state index contributed by atoms with van der Waals surface area (Å²) in [6.07, 6.45) is 8.45. The zero-order valence-electron chi connectivity index (χ0n) is 21.7. The van der Waals surface area contributed by atoms with Crippen molar-refractivity contribution in [3.63, 3.8) is 0 Å². The number of carbonyl (C=O) groups excluding carboxylic acids is 1. The van der Waals surface area contributed by atoms with E-state index < -0.39 is 10.0 Å². The molecule has 0 aliphatic carbocycles. The molecule has 0 saturated carbocycles. The number of nitrogens with two attached hydrogens (primary N) is 2. The summed E-state index contributed by atoms with van der Waals surface area (Å²) in [5.41, 5.74) is 13.1. The van der Waals surface area contributed by atoms with Crippen LogP contribution in [-0.4, -0.2) is 88.3 Å². The van der Waals surface area contributed by atoms with Crippen LogP contribution in [0.1, 0.15) is 44.0 Å². The Morgan fingerprint density at radius 1 is 1.05 bits per heavy atom. The van der Waals surface area contributed by atoms with Crippen LogP contribution in [0, 0.1) is 23.2 Å². The first-order valence-electron chi connectivity index (χ1n) is 13.2. The van der Waals surface area contributed by atoms with Crippen molar-refractivity contribution in [1.82, 2.24) is 29.1 Å². The first-order valence-corrected chi connectivity index (χ1v) is 15.1. The average molecular weight is 544 g/mol. The van der Waals surface area contributed by atoms with Gasteiger partial charge in [-0.25, -0.2) is 22.7 Å². The van der Waals surface area contributed by atoms with E-state index in [-0.39, 0.29) is 29.7 Å². The fourth-order valence-electron chi connectivity index (χ4n) is 6.21. The summed E-state index contributed by atoms with van der Waals surface area (Å²) in [5, 5.41) is 7.69. The molecule has 5 heterocycles. The van der Waals surface area contributed by atoms with Crippen molar-refractivity contribution < 1.29 is 13.2 Å². The number of rotatable bonds is 5. The molecule has 0 aromatic carbocycles. The predicted octanol–water partition coefficient (Wildman–Crippen LogP) is 1.22. The van der Waals surface area contributed by atoms with Gasteiger partial charge in [-0.1, -0.05) is 0 Å². The first kappa shape index (κ1) is 26.4. The van der Waals surface area contributed by atoms with E-state index in [1.807, 2.05) is 15.9 Å². The quantitative estimate of drug-likeness (QED) is 0.321. The number of hydrogen-bond acceptors (Lipinski definition) is 7. The average Bonchev–Trinajstić information content (AvgIpc) is 3.56. The number of aromatic amines is 1. The van der Waals surface area contributed by atoms with E-state index in [9.17, 15) is 13.2 Å². The summed E-state index contributed by atoms with van der Waals surface area (Å²) in [5.74, 6) is 1.88. The summed E-state index contributed by atoms with van der Waals surface area (Å²) in [6, 6.07) is 3.45. The number of imidazole rings is 1. The molecule has 206 valence electrons. The topological polar surface area (TPSA) is 178 Å². The molecule has 6 N–H and O–H groups in total. The Labute approximate surface area is 223 Å². The number of nitrogens with zero attached hydrogens (tertiary/aromatic N) is 5. The Morgan fingerprint density at radius 3 is 2.37 bits per heavy atom. The molecule has 2 aromatic heterocycles. The van der Waals surface area contributed by atoms with E-state index in [2.05, 4.69) is 15.0 Å². The number of sulfonamides is 1. The Balaban J connectivity index is 1.35. The molecule has 38 heavy (non-hydrogen) atoms. The van der Waals surface area contributed by atoms with Crippen LogP contribution in [0.2, 0.25) is 0 Å². The lowest BCUT2D eigenvalue weighted by Gasteiger charge is -2.35. The molecule has 3 aliphatic heterocycles. The molecule has 3 aliphatic rings. The van der Waals surface area contributed by atoms with Gasteiger partial charge < -0.3 is 26.3 Å². The molecule has 3 saturated heterocycles. The fraction of sp³-hybridized carbons (Fsp3) is 0.600. The van der Waals surface area contributed by atoms with Crippen LogP contribution in [0.15, 0.2) is 24.5 Å². The smallest absolute Gasteiger partial charge is 0.226 e. The van der Waals surface area contributed by atoms with Crippen LogP contribution in [-0.2, 0) is 14.8 Å². The summed E-state index contributed by atoms with van der Waals surface area (Å²) >= 11 is 0. The number of likely N-dealkylation sites (tertiary alicyclic amines) is 2. The maximum atomic E-state index is 13.9. The van der Waals surface area contributed by atoms with Gasteiger partial charge in [-0.05, 0) is 56.1 Å². The maximum absolute atomic E-state index is 13.9. The largest absolute Gasteiger partial charge is 0.384 e. The lowest BCUT2D eigenvalue weighted by atomic mass is 9.83. The van der Waals surface area contributed by atoms with Gasteiger partial charge in [-0.2, -0.15) is 0 Å².